The molecule has 1 atom stereocenters. The van der Waals surface area contributed by atoms with Crippen LogP contribution >= 0.6 is 0 Å². The van der Waals surface area contributed by atoms with Crippen LogP contribution in [0, 0.1) is 0 Å². The molecule has 0 aromatic heterocycles. The number of carbonyl (C=O) groups is 3. The van der Waals surface area contributed by atoms with Gasteiger partial charge in [-0.3, -0.25) is 14.4 Å². The second kappa shape index (κ2) is 56.9. The van der Waals surface area contributed by atoms with E-state index in [1.54, 1.807) is 0 Å². The molecule has 0 N–H and O–H groups in total. The van der Waals surface area contributed by atoms with Crippen molar-refractivity contribution in [3.05, 3.63) is 97.2 Å². The molecule has 0 aromatic carbocycles. The van der Waals surface area contributed by atoms with E-state index in [9.17, 15) is 14.4 Å². The average Bonchev–Trinajstić information content (AvgIpc) is 3.35. The average molecular weight is 960 g/mol. The normalized spacial score (nSPS) is 12.8. The highest BCUT2D eigenvalue weighted by Gasteiger charge is 2.19. The largest absolute Gasteiger partial charge is 0.462 e. The van der Waals surface area contributed by atoms with Gasteiger partial charge in [0.05, 0.1) is 0 Å². The van der Waals surface area contributed by atoms with E-state index >= 15 is 0 Å². The monoisotopic (exact) mass is 959 g/mol. The first-order valence-corrected chi connectivity index (χ1v) is 28.7. The van der Waals surface area contributed by atoms with Crippen LogP contribution in [0.5, 0.6) is 0 Å². The number of hydrogen-bond acceptors (Lipinski definition) is 6. The topological polar surface area (TPSA) is 78.9 Å². The van der Waals surface area contributed by atoms with Crippen LogP contribution in [0.25, 0.3) is 0 Å². The fourth-order valence-electron chi connectivity index (χ4n) is 7.76. The van der Waals surface area contributed by atoms with Gasteiger partial charge in [-0.15, -0.1) is 0 Å². The van der Waals surface area contributed by atoms with E-state index < -0.39 is 6.10 Å². The first-order valence-electron chi connectivity index (χ1n) is 28.7. The predicted octanol–water partition coefficient (Wildman–Crippen LogP) is 19.3. The van der Waals surface area contributed by atoms with Crippen molar-refractivity contribution in [1.29, 1.82) is 0 Å². The molecule has 0 aliphatic carbocycles. The highest BCUT2D eigenvalue weighted by Crippen LogP contribution is 2.15. The van der Waals surface area contributed by atoms with E-state index in [4.69, 9.17) is 14.2 Å². The second-order valence-electron chi connectivity index (χ2n) is 18.8. The maximum Gasteiger partial charge on any atom is 0.306 e. The van der Waals surface area contributed by atoms with Gasteiger partial charge in [-0.1, -0.05) is 246 Å². The van der Waals surface area contributed by atoms with Gasteiger partial charge >= 0.3 is 17.9 Å². The van der Waals surface area contributed by atoms with Crippen molar-refractivity contribution in [2.75, 3.05) is 13.2 Å². The Hall–Kier alpha value is -3.67. The van der Waals surface area contributed by atoms with Crippen LogP contribution in [0.3, 0.4) is 0 Å². The van der Waals surface area contributed by atoms with Crippen LogP contribution in [0.4, 0.5) is 0 Å². The van der Waals surface area contributed by atoms with Gasteiger partial charge in [0.15, 0.2) is 6.10 Å². The summed E-state index contributed by atoms with van der Waals surface area (Å²) in [5.74, 6) is -0.904. The fourth-order valence-corrected chi connectivity index (χ4v) is 7.76. The van der Waals surface area contributed by atoms with Crippen molar-refractivity contribution in [3.63, 3.8) is 0 Å². The summed E-state index contributed by atoms with van der Waals surface area (Å²) in [5, 5.41) is 0. The number of ether oxygens (including phenoxy) is 3. The minimum Gasteiger partial charge on any atom is -0.462 e. The molecule has 0 rings (SSSR count). The lowest BCUT2D eigenvalue weighted by Gasteiger charge is -2.18. The fraction of sp³-hybridized carbons (Fsp3) is 0.698. The van der Waals surface area contributed by atoms with Gasteiger partial charge in [0.1, 0.15) is 13.2 Å². The maximum atomic E-state index is 12.7. The molecule has 0 saturated carbocycles. The van der Waals surface area contributed by atoms with E-state index in [1.165, 1.54) is 103 Å². The quantitative estimate of drug-likeness (QED) is 0.0262. The molecule has 6 nitrogen and oxygen atoms in total. The van der Waals surface area contributed by atoms with Crippen LogP contribution in [-0.4, -0.2) is 37.2 Å². The van der Waals surface area contributed by atoms with Crippen molar-refractivity contribution in [2.45, 2.75) is 271 Å². The third-order valence-corrected chi connectivity index (χ3v) is 12.1. The summed E-state index contributed by atoms with van der Waals surface area (Å²) in [6.07, 6.45) is 76.1. The Morgan fingerprint density at radius 3 is 0.942 bits per heavy atom. The minimum absolute atomic E-state index is 0.0796. The summed E-state index contributed by atoms with van der Waals surface area (Å²) >= 11 is 0. The van der Waals surface area contributed by atoms with Gasteiger partial charge in [-0.2, -0.15) is 0 Å². The Morgan fingerprint density at radius 2 is 0.580 bits per heavy atom. The zero-order valence-electron chi connectivity index (χ0n) is 45.0. The number of esters is 3. The molecule has 69 heavy (non-hydrogen) atoms. The summed E-state index contributed by atoms with van der Waals surface area (Å²) in [6.45, 7) is 6.39. The lowest BCUT2D eigenvalue weighted by molar-refractivity contribution is -0.167. The SMILES string of the molecule is CC/C=C\C/C=C\C/C=C\C/C=C\C/C=C\C/C=C\C/C=C\CCCCCCCCCCCCCCCC(=O)OCC(COC(=O)CCCCCCC)OC(=O)CCCCCCC/C=C\CCCC. The third kappa shape index (κ3) is 55.1. The van der Waals surface area contributed by atoms with Crippen molar-refractivity contribution in [1.82, 2.24) is 0 Å². The second-order valence-corrected chi connectivity index (χ2v) is 18.8. The summed E-state index contributed by atoms with van der Waals surface area (Å²) in [7, 11) is 0. The maximum absolute atomic E-state index is 12.7. The Balaban J connectivity index is 3.94. The molecular formula is C63H106O6. The molecule has 394 valence electrons. The van der Waals surface area contributed by atoms with E-state index in [0.717, 1.165) is 122 Å². The van der Waals surface area contributed by atoms with E-state index in [1.807, 2.05) is 0 Å². The number of carbonyl (C=O) groups excluding carboxylic acids is 3. The van der Waals surface area contributed by atoms with Crippen LogP contribution in [0.1, 0.15) is 265 Å². The number of rotatable bonds is 51. The van der Waals surface area contributed by atoms with Gasteiger partial charge < -0.3 is 14.2 Å². The van der Waals surface area contributed by atoms with E-state index in [0.29, 0.717) is 19.3 Å². The molecular weight excluding hydrogens is 853 g/mol. The smallest absolute Gasteiger partial charge is 0.306 e. The summed E-state index contributed by atoms with van der Waals surface area (Å²) in [4.78, 5) is 37.6. The van der Waals surface area contributed by atoms with E-state index in [2.05, 4.69) is 118 Å². The molecule has 0 amide bonds. The van der Waals surface area contributed by atoms with Gasteiger partial charge in [0.25, 0.3) is 0 Å². The summed E-state index contributed by atoms with van der Waals surface area (Å²) < 4.78 is 16.7. The summed E-state index contributed by atoms with van der Waals surface area (Å²) in [5.41, 5.74) is 0. The first-order chi connectivity index (χ1) is 34.0. The number of hydrogen-bond donors (Lipinski definition) is 0. The Bertz CT molecular complexity index is 1380. The lowest BCUT2D eigenvalue weighted by atomic mass is 10.0. The molecule has 0 spiro atoms. The number of allylic oxidation sites excluding steroid dienone is 16. The molecule has 1 unspecified atom stereocenters. The predicted molar refractivity (Wildman–Crippen MR) is 297 cm³/mol. The van der Waals surface area contributed by atoms with Gasteiger partial charge in [-0.05, 0) is 96.3 Å². The Morgan fingerprint density at radius 1 is 0.304 bits per heavy atom. The Kier molecular flexibility index (Phi) is 53.9. The van der Waals surface area contributed by atoms with Gasteiger partial charge in [0.2, 0.25) is 0 Å². The van der Waals surface area contributed by atoms with Crippen LogP contribution < -0.4 is 0 Å². The number of unbranched alkanes of at least 4 members (excludes halogenated alkanes) is 24. The molecule has 0 radical (unpaired) electrons. The van der Waals surface area contributed by atoms with E-state index in [-0.39, 0.29) is 31.1 Å². The third-order valence-electron chi connectivity index (χ3n) is 12.1. The van der Waals surface area contributed by atoms with Gasteiger partial charge in [-0.25, -0.2) is 0 Å². The van der Waals surface area contributed by atoms with Crippen molar-refractivity contribution in [2.24, 2.45) is 0 Å². The standard InChI is InChI=1S/C63H106O6/c1-4-7-10-13-15-17-19-20-21-22-23-24-25-26-27-28-29-30-31-32-33-34-35-36-37-38-39-40-41-42-44-45-47-50-53-56-62(65)68-59-60(58-67-61(64)55-52-49-12-9-6-3)69-63(66)57-54-51-48-46-43-18-16-14-11-8-5-2/h7,10,14-17,20-21,23-24,26-27,29-30,32-33,60H,4-6,8-9,11-13,18-19,22,25,28,31,34-59H2,1-3H3/b10-7-,16-14-,17-15-,21-20-,24-23-,27-26-,30-29-,33-32-. The molecule has 0 aliphatic rings. The highest BCUT2D eigenvalue weighted by atomic mass is 16.6. The molecule has 0 aliphatic heterocycles. The zero-order chi connectivity index (χ0) is 50.0. The minimum atomic E-state index is -0.775. The molecule has 0 heterocycles. The molecule has 6 heteroatoms. The molecule has 0 aromatic rings. The molecule has 0 saturated heterocycles. The molecule has 0 fully saturated rings. The zero-order valence-corrected chi connectivity index (χ0v) is 45.0. The lowest BCUT2D eigenvalue weighted by Crippen LogP contribution is -2.30. The van der Waals surface area contributed by atoms with Crippen LogP contribution in [0.15, 0.2) is 97.2 Å². The van der Waals surface area contributed by atoms with Crippen molar-refractivity contribution >= 4 is 17.9 Å². The highest BCUT2D eigenvalue weighted by molar-refractivity contribution is 5.71. The molecule has 0 bridgehead atoms. The van der Waals surface area contributed by atoms with Crippen molar-refractivity contribution in [3.8, 4) is 0 Å². The van der Waals surface area contributed by atoms with Crippen LogP contribution in [-0.2, 0) is 28.6 Å². The van der Waals surface area contributed by atoms with Crippen LogP contribution in [0.2, 0.25) is 0 Å². The summed E-state index contributed by atoms with van der Waals surface area (Å²) in [6, 6.07) is 0. The Labute approximate surface area is 426 Å². The van der Waals surface area contributed by atoms with Gasteiger partial charge in [0, 0.05) is 19.3 Å². The first kappa shape index (κ1) is 65.3. The van der Waals surface area contributed by atoms with Crippen molar-refractivity contribution < 1.29 is 28.6 Å².